The van der Waals surface area contributed by atoms with E-state index in [2.05, 4.69) is 181 Å². The predicted octanol–water partition coefficient (Wildman–Crippen LogP) is 15.1. The molecule has 2 heterocycles. The van der Waals surface area contributed by atoms with Crippen LogP contribution in [0.15, 0.2) is 192 Å². The summed E-state index contributed by atoms with van der Waals surface area (Å²) in [5.41, 5.74) is 9.99. The highest BCUT2D eigenvalue weighted by molar-refractivity contribution is 7.25. The number of rotatable bonds is 5. The van der Waals surface area contributed by atoms with Crippen molar-refractivity contribution in [1.29, 1.82) is 0 Å². The first kappa shape index (κ1) is 30.0. The summed E-state index contributed by atoms with van der Waals surface area (Å²) in [6.45, 7) is 0. The zero-order chi connectivity index (χ0) is 34.9. The van der Waals surface area contributed by atoms with Gasteiger partial charge in [-0.2, -0.15) is 0 Å². The molecule has 0 spiro atoms. The lowest BCUT2D eigenvalue weighted by atomic mass is 9.98. The van der Waals surface area contributed by atoms with Gasteiger partial charge in [-0.05, 0) is 117 Å². The van der Waals surface area contributed by atoms with E-state index in [4.69, 9.17) is 4.42 Å². The number of hydrogen-bond donors (Lipinski definition) is 0. The molecule has 0 unspecified atom stereocenters. The number of furan rings is 1. The monoisotopic (exact) mass is 693 g/mol. The Morgan fingerprint density at radius 2 is 1.00 bits per heavy atom. The molecule has 0 N–H and O–H groups in total. The Kier molecular flexibility index (Phi) is 6.76. The Hall–Kier alpha value is -6.68. The maximum atomic E-state index is 6.22. The fourth-order valence-electron chi connectivity index (χ4n) is 8.02. The van der Waals surface area contributed by atoms with Crippen LogP contribution in [0.3, 0.4) is 0 Å². The minimum absolute atomic E-state index is 0.920. The second-order valence-electron chi connectivity index (χ2n) is 13.7. The molecule has 0 saturated heterocycles. The second-order valence-corrected chi connectivity index (χ2v) is 14.8. The number of hydrogen-bond acceptors (Lipinski definition) is 3. The van der Waals surface area contributed by atoms with Crippen molar-refractivity contribution >= 4 is 92.1 Å². The Labute approximate surface area is 310 Å². The van der Waals surface area contributed by atoms with Crippen LogP contribution in [0.2, 0.25) is 0 Å². The first-order chi connectivity index (χ1) is 26.2. The van der Waals surface area contributed by atoms with Gasteiger partial charge < -0.3 is 9.32 Å². The van der Waals surface area contributed by atoms with Gasteiger partial charge in [-0.25, -0.2) is 0 Å². The largest absolute Gasteiger partial charge is 0.456 e. The first-order valence-electron chi connectivity index (χ1n) is 18.0. The highest BCUT2D eigenvalue weighted by Crippen LogP contribution is 2.42. The van der Waals surface area contributed by atoms with E-state index in [1.807, 2.05) is 23.5 Å². The normalized spacial score (nSPS) is 11.8. The fraction of sp³-hybridized carbons (Fsp3) is 0. The van der Waals surface area contributed by atoms with Gasteiger partial charge in [-0.15, -0.1) is 11.3 Å². The van der Waals surface area contributed by atoms with Gasteiger partial charge in [0, 0.05) is 48.0 Å². The van der Waals surface area contributed by atoms with E-state index in [9.17, 15) is 0 Å². The molecular weight excluding hydrogens is 663 g/mol. The van der Waals surface area contributed by atoms with Gasteiger partial charge in [0.2, 0.25) is 0 Å². The van der Waals surface area contributed by atoms with Gasteiger partial charge in [0.25, 0.3) is 0 Å². The molecule has 2 aromatic heterocycles. The molecule has 0 fully saturated rings. The fourth-order valence-corrected chi connectivity index (χ4v) is 9.10. The topological polar surface area (TPSA) is 16.4 Å². The van der Waals surface area contributed by atoms with Gasteiger partial charge in [-0.3, -0.25) is 0 Å². The van der Waals surface area contributed by atoms with Crippen LogP contribution in [0, 0.1) is 0 Å². The number of fused-ring (bicyclic) bond motifs is 8. The van der Waals surface area contributed by atoms with Crippen molar-refractivity contribution in [3.63, 3.8) is 0 Å². The number of benzene rings is 9. The summed E-state index contributed by atoms with van der Waals surface area (Å²) in [6, 6.07) is 68.2. The van der Waals surface area contributed by atoms with Crippen molar-refractivity contribution in [3.05, 3.63) is 188 Å². The quantitative estimate of drug-likeness (QED) is 0.178. The van der Waals surface area contributed by atoms with Crippen molar-refractivity contribution in [2.24, 2.45) is 0 Å². The number of thiophene rings is 1. The summed E-state index contributed by atoms with van der Waals surface area (Å²) in [4.78, 5) is 2.38. The zero-order valence-electron chi connectivity index (χ0n) is 28.7. The third kappa shape index (κ3) is 5.01. The summed E-state index contributed by atoms with van der Waals surface area (Å²) in [5.74, 6) is 0. The summed E-state index contributed by atoms with van der Waals surface area (Å²) in [5, 5.41) is 9.79. The summed E-state index contributed by atoms with van der Waals surface area (Å²) < 4.78 is 8.83. The molecule has 0 bridgehead atoms. The molecule has 9 aromatic carbocycles. The maximum Gasteiger partial charge on any atom is 0.136 e. The van der Waals surface area contributed by atoms with Crippen LogP contribution in [0.1, 0.15) is 0 Å². The van der Waals surface area contributed by atoms with Crippen LogP contribution in [0.25, 0.3) is 85.9 Å². The van der Waals surface area contributed by atoms with E-state index in [0.717, 1.165) is 39.0 Å². The Morgan fingerprint density at radius 3 is 1.85 bits per heavy atom. The van der Waals surface area contributed by atoms with Gasteiger partial charge in [0.15, 0.2) is 0 Å². The smallest absolute Gasteiger partial charge is 0.136 e. The Morgan fingerprint density at radius 1 is 0.340 bits per heavy atom. The van der Waals surface area contributed by atoms with E-state index in [1.165, 1.54) is 64.0 Å². The standard InChI is InChI=1S/C50H31NOS/c1-2-10-41-33(8-1)9-7-13-42(41)34-20-24-39(25-21-34)51(40-26-27-50-46(31-40)44-12-4-6-15-49(44)53-50)38-22-18-32(19-23-38)35-16-17-36-29-45-43-11-3-5-14-47(43)52-48(45)30-37(36)28-35/h1-31H. The van der Waals surface area contributed by atoms with Crippen LogP contribution in [0.4, 0.5) is 17.1 Å². The molecule has 0 aliphatic rings. The van der Waals surface area contributed by atoms with Crippen LogP contribution in [0.5, 0.6) is 0 Å². The van der Waals surface area contributed by atoms with Gasteiger partial charge >= 0.3 is 0 Å². The molecule has 0 radical (unpaired) electrons. The maximum absolute atomic E-state index is 6.22. The number of nitrogens with zero attached hydrogens (tertiary/aromatic N) is 1. The SMILES string of the molecule is c1ccc2c(-c3ccc(N(c4ccc(-c5ccc6cc7c(cc6c5)oc5ccccc57)cc4)c4ccc5sc6ccccc6c5c4)cc3)cccc2c1. The Balaban J connectivity index is 1.00. The lowest BCUT2D eigenvalue weighted by Gasteiger charge is -2.26. The third-order valence-corrected chi connectivity index (χ3v) is 11.8. The average molecular weight is 694 g/mol. The van der Waals surface area contributed by atoms with Crippen molar-refractivity contribution < 1.29 is 4.42 Å². The molecule has 3 heteroatoms. The third-order valence-electron chi connectivity index (χ3n) is 10.6. The molecule has 2 nitrogen and oxygen atoms in total. The van der Waals surface area contributed by atoms with Crippen LogP contribution in [-0.2, 0) is 0 Å². The Bertz CT molecular complexity index is 3160. The van der Waals surface area contributed by atoms with Crippen LogP contribution >= 0.6 is 11.3 Å². The van der Waals surface area contributed by atoms with Gasteiger partial charge in [0.05, 0.1) is 0 Å². The highest BCUT2D eigenvalue weighted by Gasteiger charge is 2.16. The molecule has 53 heavy (non-hydrogen) atoms. The van der Waals surface area contributed by atoms with Gasteiger partial charge in [-0.1, -0.05) is 115 Å². The van der Waals surface area contributed by atoms with E-state index in [0.29, 0.717) is 0 Å². The molecular formula is C50H31NOS. The molecule has 0 aliphatic heterocycles. The molecule has 0 amide bonds. The van der Waals surface area contributed by atoms with E-state index in [1.54, 1.807) is 0 Å². The summed E-state index contributed by atoms with van der Waals surface area (Å²) in [6.07, 6.45) is 0. The van der Waals surface area contributed by atoms with E-state index >= 15 is 0 Å². The lowest BCUT2D eigenvalue weighted by Crippen LogP contribution is -2.09. The minimum Gasteiger partial charge on any atom is -0.456 e. The first-order valence-corrected chi connectivity index (χ1v) is 18.8. The highest BCUT2D eigenvalue weighted by atomic mass is 32.1. The average Bonchev–Trinajstić information content (AvgIpc) is 3.78. The second kappa shape index (κ2) is 11.9. The van der Waals surface area contributed by atoms with Crippen LogP contribution < -0.4 is 4.90 Å². The van der Waals surface area contributed by atoms with E-state index in [-0.39, 0.29) is 0 Å². The van der Waals surface area contributed by atoms with Crippen molar-refractivity contribution in [2.75, 3.05) is 4.90 Å². The molecule has 0 saturated carbocycles. The van der Waals surface area contributed by atoms with Crippen molar-refractivity contribution in [1.82, 2.24) is 0 Å². The molecule has 11 aromatic rings. The molecule has 11 rings (SSSR count). The molecule has 0 aliphatic carbocycles. The van der Waals surface area contributed by atoms with E-state index < -0.39 is 0 Å². The molecule has 248 valence electrons. The predicted molar refractivity (Wildman–Crippen MR) is 227 cm³/mol. The van der Waals surface area contributed by atoms with Gasteiger partial charge in [0.1, 0.15) is 11.2 Å². The molecule has 0 atom stereocenters. The zero-order valence-corrected chi connectivity index (χ0v) is 29.5. The summed E-state index contributed by atoms with van der Waals surface area (Å²) in [7, 11) is 0. The van der Waals surface area contributed by atoms with Crippen molar-refractivity contribution in [3.8, 4) is 22.3 Å². The summed E-state index contributed by atoms with van der Waals surface area (Å²) >= 11 is 1.85. The number of anilines is 3. The number of para-hydroxylation sites is 1. The van der Waals surface area contributed by atoms with Crippen molar-refractivity contribution in [2.45, 2.75) is 0 Å². The lowest BCUT2D eigenvalue weighted by molar-refractivity contribution is 0.669. The minimum atomic E-state index is 0.920. The van der Waals surface area contributed by atoms with Crippen LogP contribution in [-0.4, -0.2) is 0 Å².